The van der Waals surface area contributed by atoms with Crippen LogP contribution in [0.25, 0.3) is 0 Å². The third kappa shape index (κ3) is 5.40. The molecule has 1 aromatic carbocycles. The van der Waals surface area contributed by atoms with Crippen LogP contribution in [-0.2, 0) is 5.54 Å². The molecular weight excluding hydrogens is 286 g/mol. The van der Waals surface area contributed by atoms with Crippen LogP contribution in [0.4, 0.5) is 0 Å². The Morgan fingerprint density at radius 3 is 1.90 bits per heavy atom. The molecule has 3 nitrogen and oxygen atoms in total. The fourth-order valence-electron chi connectivity index (χ4n) is 2.54. The van der Waals surface area contributed by atoms with Gasteiger partial charge in [0.2, 0.25) is 0 Å². The standard InChI is InChI=1S/C17H29NO2.ClH/c1-5-7-11-17(18,12-8-6-2)14-9-10-15(19-3)16(13-14)20-4;/h9-10,13H,5-8,11-12,18H2,1-4H3;1H. The molecule has 0 saturated heterocycles. The summed E-state index contributed by atoms with van der Waals surface area (Å²) in [6.07, 6.45) is 6.65. The van der Waals surface area contributed by atoms with E-state index in [1.54, 1.807) is 14.2 Å². The molecule has 0 aromatic heterocycles. The minimum Gasteiger partial charge on any atom is -0.493 e. The Labute approximate surface area is 135 Å². The Balaban J connectivity index is 0.00000400. The van der Waals surface area contributed by atoms with Crippen LogP contribution in [0.1, 0.15) is 57.9 Å². The lowest BCUT2D eigenvalue weighted by molar-refractivity contribution is 0.339. The lowest BCUT2D eigenvalue weighted by Crippen LogP contribution is -2.36. The summed E-state index contributed by atoms with van der Waals surface area (Å²) < 4.78 is 10.7. The Kier molecular flexibility index (Phi) is 9.47. The lowest BCUT2D eigenvalue weighted by atomic mass is 9.81. The Bertz CT molecular complexity index is 402. The molecular formula is C17H30ClNO2. The largest absolute Gasteiger partial charge is 0.493 e. The maximum absolute atomic E-state index is 6.71. The Morgan fingerprint density at radius 2 is 1.48 bits per heavy atom. The third-order valence-electron chi connectivity index (χ3n) is 3.91. The molecule has 0 unspecified atom stereocenters. The third-order valence-corrected chi connectivity index (χ3v) is 3.91. The second-order valence-corrected chi connectivity index (χ2v) is 5.43. The van der Waals surface area contributed by atoms with Crippen LogP contribution in [0.2, 0.25) is 0 Å². The molecule has 0 heterocycles. The van der Waals surface area contributed by atoms with Crippen LogP contribution in [-0.4, -0.2) is 14.2 Å². The topological polar surface area (TPSA) is 44.5 Å². The SMILES string of the molecule is CCCCC(N)(CCCC)c1ccc(OC)c(OC)c1.Cl. The molecule has 122 valence electrons. The van der Waals surface area contributed by atoms with E-state index in [0.717, 1.165) is 42.7 Å². The normalized spacial score (nSPS) is 10.9. The number of unbranched alkanes of at least 4 members (excludes halogenated alkanes) is 2. The van der Waals surface area contributed by atoms with E-state index in [2.05, 4.69) is 19.9 Å². The van der Waals surface area contributed by atoms with Gasteiger partial charge in [-0.3, -0.25) is 0 Å². The second-order valence-electron chi connectivity index (χ2n) is 5.43. The van der Waals surface area contributed by atoms with Gasteiger partial charge in [0.05, 0.1) is 14.2 Å². The van der Waals surface area contributed by atoms with Gasteiger partial charge in [0, 0.05) is 5.54 Å². The van der Waals surface area contributed by atoms with E-state index in [1.165, 1.54) is 12.8 Å². The van der Waals surface area contributed by atoms with Crippen LogP contribution >= 0.6 is 12.4 Å². The predicted octanol–water partition coefficient (Wildman–Crippen LogP) is 4.66. The summed E-state index contributed by atoms with van der Waals surface area (Å²) in [5.41, 5.74) is 7.60. The predicted molar refractivity (Wildman–Crippen MR) is 91.7 cm³/mol. The van der Waals surface area contributed by atoms with E-state index in [0.29, 0.717) is 0 Å². The Morgan fingerprint density at radius 1 is 0.952 bits per heavy atom. The number of rotatable bonds is 9. The summed E-state index contributed by atoms with van der Waals surface area (Å²) in [4.78, 5) is 0. The van der Waals surface area contributed by atoms with Gasteiger partial charge in [-0.25, -0.2) is 0 Å². The van der Waals surface area contributed by atoms with Gasteiger partial charge in [-0.2, -0.15) is 0 Å². The van der Waals surface area contributed by atoms with Crippen LogP contribution in [0.15, 0.2) is 18.2 Å². The molecule has 0 atom stereocenters. The average molecular weight is 316 g/mol. The maximum atomic E-state index is 6.71. The molecule has 0 fully saturated rings. The molecule has 0 spiro atoms. The molecule has 2 N–H and O–H groups in total. The lowest BCUT2D eigenvalue weighted by Gasteiger charge is -2.31. The van der Waals surface area contributed by atoms with Crippen molar-refractivity contribution in [3.63, 3.8) is 0 Å². The van der Waals surface area contributed by atoms with Crippen molar-refractivity contribution in [3.8, 4) is 11.5 Å². The highest BCUT2D eigenvalue weighted by molar-refractivity contribution is 5.85. The molecule has 0 saturated carbocycles. The van der Waals surface area contributed by atoms with Gasteiger partial charge < -0.3 is 15.2 Å². The van der Waals surface area contributed by atoms with Crippen LogP contribution in [0.5, 0.6) is 11.5 Å². The molecule has 0 aliphatic rings. The minimum atomic E-state index is -0.258. The first-order valence-electron chi connectivity index (χ1n) is 7.62. The van der Waals surface area contributed by atoms with Gasteiger partial charge >= 0.3 is 0 Å². The van der Waals surface area contributed by atoms with E-state index in [-0.39, 0.29) is 17.9 Å². The summed E-state index contributed by atoms with van der Waals surface area (Å²) in [5.74, 6) is 1.51. The number of methoxy groups -OCH3 is 2. The van der Waals surface area contributed by atoms with Gasteiger partial charge in [-0.15, -0.1) is 12.4 Å². The number of nitrogens with two attached hydrogens (primary N) is 1. The van der Waals surface area contributed by atoms with Crippen LogP contribution in [0, 0.1) is 0 Å². The zero-order valence-corrected chi connectivity index (χ0v) is 14.6. The fourth-order valence-corrected chi connectivity index (χ4v) is 2.54. The number of halogens is 1. The molecule has 1 aromatic rings. The molecule has 21 heavy (non-hydrogen) atoms. The summed E-state index contributed by atoms with van der Waals surface area (Å²) in [7, 11) is 3.32. The second kappa shape index (κ2) is 9.91. The van der Waals surface area contributed by atoms with Crippen molar-refractivity contribution < 1.29 is 9.47 Å². The summed E-state index contributed by atoms with van der Waals surface area (Å²) in [6.45, 7) is 4.41. The van der Waals surface area contributed by atoms with Crippen LogP contribution in [0.3, 0.4) is 0 Å². The van der Waals surface area contributed by atoms with E-state index in [1.807, 2.05) is 12.1 Å². The summed E-state index contributed by atoms with van der Waals surface area (Å²) in [6, 6.07) is 6.06. The van der Waals surface area contributed by atoms with Crippen molar-refractivity contribution in [2.24, 2.45) is 5.73 Å². The molecule has 0 radical (unpaired) electrons. The van der Waals surface area contributed by atoms with E-state index in [9.17, 15) is 0 Å². The maximum Gasteiger partial charge on any atom is 0.161 e. The van der Waals surface area contributed by atoms with Crippen molar-refractivity contribution in [1.82, 2.24) is 0 Å². The summed E-state index contributed by atoms with van der Waals surface area (Å²) in [5, 5.41) is 0. The van der Waals surface area contributed by atoms with Crippen LogP contribution < -0.4 is 15.2 Å². The highest BCUT2D eigenvalue weighted by Gasteiger charge is 2.27. The summed E-state index contributed by atoms with van der Waals surface area (Å²) >= 11 is 0. The van der Waals surface area contributed by atoms with Gasteiger partial charge in [-0.05, 0) is 30.5 Å². The van der Waals surface area contributed by atoms with Gasteiger partial charge in [0.1, 0.15) is 0 Å². The monoisotopic (exact) mass is 315 g/mol. The first-order valence-corrected chi connectivity index (χ1v) is 7.62. The smallest absolute Gasteiger partial charge is 0.161 e. The van der Waals surface area contributed by atoms with Crippen molar-refractivity contribution in [2.75, 3.05) is 14.2 Å². The van der Waals surface area contributed by atoms with Gasteiger partial charge in [0.15, 0.2) is 11.5 Å². The van der Waals surface area contributed by atoms with Crippen molar-refractivity contribution in [2.45, 2.75) is 57.9 Å². The zero-order chi connectivity index (χ0) is 15.0. The number of hydrogen-bond donors (Lipinski definition) is 1. The number of hydrogen-bond acceptors (Lipinski definition) is 3. The van der Waals surface area contributed by atoms with Gasteiger partial charge in [-0.1, -0.05) is 45.6 Å². The molecule has 0 aliphatic carbocycles. The molecule has 0 aliphatic heterocycles. The zero-order valence-electron chi connectivity index (χ0n) is 13.8. The molecule has 0 amide bonds. The van der Waals surface area contributed by atoms with E-state index in [4.69, 9.17) is 15.2 Å². The molecule has 4 heteroatoms. The number of ether oxygens (including phenoxy) is 2. The van der Waals surface area contributed by atoms with Crippen molar-refractivity contribution >= 4 is 12.4 Å². The van der Waals surface area contributed by atoms with E-state index < -0.39 is 0 Å². The Hall–Kier alpha value is -0.930. The minimum absolute atomic E-state index is 0. The highest BCUT2D eigenvalue weighted by atomic mass is 35.5. The first-order chi connectivity index (χ1) is 9.61. The fraction of sp³-hybridized carbons (Fsp3) is 0.647. The number of benzene rings is 1. The van der Waals surface area contributed by atoms with Gasteiger partial charge in [0.25, 0.3) is 0 Å². The first kappa shape index (κ1) is 20.1. The van der Waals surface area contributed by atoms with Crippen molar-refractivity contribution in [1.29, 1.82) is 0 Å². The molecule has 0 bridgehead atoms. The quantitative estimate of drug-likeness (QED) is 0.720. The average Bonchev–Trinajstić information content (AvgIpc) is 2.50. The highest BCUT2D eigenvalue weighted by Crippen LogP contribution is 2.36. The van der Waals surface area contributed by atoms with Crippen molar-refractivity contribution in [3.05, 3.63) is 23.8 Å². The molecule has 1 rings (SSSR count). The van der Waals surface area contributed by atoms with E-state index >= 15 is 0 Å².